The van der Waals surface area contributed by atoms with E-state index in [9.17, 15) is 0 Å². The predicted molar refractivity (Wildman–Crippen MR) is 162 cm³/mol. The molecule has 0 unspecified atom stereocenters. The minimum absolute atomic E-state index is 0.0992. The lowest BCUT2D eigenvalue weighted by molar-refractivity contribution is 0.661. The van der Waals surface area contributed by atoms with Crippen molar-refractivity contribution in [2.75, 3.05) is 4.90 Å². The summed E-state index contributed by atoms with van der Waals surface area (Å²) in [6.45, 7) is 9.03. The minimum Gasteiger partial charge on any atom is -0.344 e. The maximum atomic E-state index is 2.45. The normalized spacial score (nSPS) is 13.6. The summed E-state index contributed by atoms with van der Waals surface area (Å²) in [7, 11) is 2.18. The van der Waals surface area contributed by atoms with Crippen LogP contribution >= 0.6 is 0 Å². The Morgan fingerprint density at radius 3 is 1.79 bits per heavy atom. The maximum absolute atomic E-state index is 2.45. The maximum Gasteiger partial charge on any atom is 0.0495 e. The molecule has 0 atom stereocenters. The fraction of sp³-hybridized carbons (Fsp3) is 0.167. The Kier molecular flexibility index (Phi) is 4.87. The zero-order valence-corrected chi connectivity index (χ0v) is 22.7. The second kappa shape index (κ2) is 8.10. The number of hydrogen-bond acceptors (Lipinski definition) is 1. The lowest BCUT2D eigenvalue weighted by Gasteiger charge is -2.28. The van der Waals surface area contributed by atoms with Crippen LogP contribution in [0.3, 0.4) is 0 Å². The van der Waals surface area contributed by atoms with Gasteiger partial charge in [-0.2, -0.15) is 0 Å². The zero-order valence-electron chi connectivity index (χ0n) is 22.7. The molecule has 0 bridgehead atoms. The highest BCUT2D eigenvalue weighted by molar-refractivity contribution is 6.10. The van der Waals surface area contributed by atoms with Gasteiger partial charge in [0.2, 0.25) is 0 Å². The summed E-state index contributed by atoms with van der Waals surface area (Å²) < 4.78 is 2.33. The van der Waals surface area contributed by atoms with Crippen molar-refractivity contribution < 1.29 is 0 Å². The first kappa shape index (κ1) is 22.9. The number of aryl methyl sites for hydroxylation is 3. The third kappa shape index (κ3) is 3.26. The Balaban J connectivity index is 1.43. The molecule has 0 aliphatic heterocycles. The molecule has 1 heterocycles. The van der Waals surface area contributed by atoms with Gasteiger partial charge in [-0.1, -0.05) is 73.5 Å². The molecule has 6 aromatic rings. The van der Waals surface area contributed by atoms with Crippen molar-refractivity contribution in [1.29, 1.82) is 0 Å². The number of benzene rings is 5. The summed E-state index contributed by atoms with van der Waals surface area (Å²) >= 11 is 0. The summed E-state index contributed by atoms with van der Waals surface area (Å²) in [5, 5.41) is 2.66. The quantitative estimate of drug-likeness (QED) is 0.239. The van der Waals surface area contributed by atoms with E-state index in [4.69, 9.17) is 0 Å². The molecule has 0 fully saturated rings. The molecule has 0 saturated heterocycles. The number of aromatic nitrogens is 1. The molecule has 0 N–H and O–H groups in total. The molecule has 0 saturated carbocycles. The molecule has 7 rings (SSSR count). The van der Waals surface area contributed by atoms with Gasteiger partial charge in [-0.3, -0.25) is 0 Å². The highest BCUT2D eigenvalue weighted by Crippen LogP contribution is 2.52. The topological polar surface area (TPSA) is 8.17 Å². The van der Waals surface area contributed by atoms with Crippen molar-refractivity contribution >= 4 is 38.9 Å². The summed E-state index contributed by atoms with van der Waals surface area (Å²) in [6.07, 6.45) is 0. The molecule has 2 heteroatoms. The van der Waals surface area contributed by atoms with Crippen LogP contribution < -0.4 is 4.90 Å². The van der Waals surface area contributed by atoms with E-state index < -0.39 is 0 Å². The van der Waals surface area contributed by atoms with E-state index in [1.54, 1.807) is 0 Å². The van der Waals surface area contributed by atoms with Gasteiger partial charge >= 0.3 is 0 Å². The van der Waals surface area contributed by atoms with Gasteiger partial charge in [0, 0.05) is 51.3 Å². The van der Waals surface area contributed by atoms with Crippen LogP contribution in [0.2, 0.25) is 0 Å². The van der Waals surface area contributed by atoms with E-state index in [-0.39, 0.29) is 5.41 Å². The summed E-state index contributed by atoms with van der Waals surface area (Å²) in [5.41, 5.74) is 14.0. The van der Waals surface area contributed by atoms with E-state index in [2.05, 4.69) is 147 Å². The fourth-order valence-corrected chi connectivity index (χ4v) is 6.35. The Hall–Kier alpha value is -4.30. The minimum atomic E-state index is -0.0992. The summed E-state index contributed by atoms with van der Waals surface area (Å²) in [6, 6.07) is 38.3. The van der Waals surface area contributed by atoms with E-state index in [1.807, 2.05) is 0 Å². The van der Waals surface area contributed by atoms with Crippen molar-refractivity contribution in [2.45, 2.75) is 33.1 Å². The Morgan fingerprint density at radius 1 is 0.553 bits per heavy atom. The summed E-state index contributed by atoms with van der Waals surface area (Å²) in [5.74, 6) is 0. The first-order valence-electron chi connectivity index (χ1n) is 13.4. The molecule has 0 amide bonds. The van der Waals surface area contributed by atoms with Crippen LogP contribution in [0.25, 0.3) is 32.9 Å². The smallest absolute Gasteiger partial charge is 0.0495 e. The van der Waals surface area contributed by atoms with Crippen molar-refractivity contribution in [2.24, 2.45) is 7.05 Å². The number of nitrogens with zero attached hydrogens (tertiary/aromatic N) is 2. The first-order valence-corrected chi connectivity index (χ1v) is 13.4. The SMILES string of the molecule is Cc1ccc(N(c2ccc(C)cc2)c2ccc3c(c2)C(C)(C)c2cc4c5ccccc5n(C)c4cc2-3)cc1. The van der Waals surface area contributed by atoms with Crippen LogP contribution in [0.4, 0.5) is 17.1 Å². The fourth-order valence-electron chi connectivity index (χ4n) is 6.35. The van der Waals surface area contributed by atoms with Crippen LogP contribution in [0.15, 0.2) is 103 Å². The number of rotatable bonds is 3. The van der Waals surface area contributed by atoms with Gasteiger partial charge in [0.15, 0.2) is 0 Å². The molecule has 0 radical (unpaired) electrons. The number of anilines is 3. The van der Waals surface area contributed by atoms with Gasteiger partial charge in [0.05, 0.1) is 0 Å². The lowest BCUT2D eigenvalue weighted by atomic mass is 9.82. The third-order valence-corrected chi connectivity index (χ3v) is 8.54. The molecule has 1 aliphatic carbocycles. The second-order valence-corrected chi connectivity index (χ2v) is 11.4. The van der Waals surface area contributed by atoms with Crippen LogP contribution in [-0.2, 0) is 12.5 Å². The Bertz CT molecular complexity index is 1810. The zero-order chi connectivity index (χ0) is 26.2. The predicted octanol–water partition coefficient (Wildman–Crippen LogP) is 9.72. The Labute approximate surface area is 224 Å². The van der Waals surface area contributed by atoms with E-state index in [0.717, 1.165) is 0 Å². The lowest BCUT2D eigenvalue weighted by Crippen LogP contribution is -2.16. The highest BCUT2D eigenvalue weighted by atomic mass is 15.1. The van der Waals surface area contributed by atoms with Gasteiger partial charge in [-0.15, -0.1) is 0 Å². The van der Waals surface area contributed by atoms with Crippen molar-refractivity contribution in [1.82, 2.24) is 4.57 Å². The number of hydrogen-bond donors (Lipinski definition) is 0. The molecule has 2 nitrogen and oxygen atoms in total. The third-order valence-electron chi connectivity index (χ3n) is 8.54. The first-order chi connectivity index (χ1) is 18.3. The van der Waals surface area contributed by atoms with Crippen molar-refractivity contribution in [3.63, 3.8) is 0 Å². The number of para-hydroxylation sites is 1. The molecular formula is C36H32N2. The van der Waals surface area contributed by atoms with Crippen LogP contribution in [0, 0.1) is 13.8 Å². The molecule has 1 aromatic heterocycles. The standard InChI is InChI=1S/C36H32N2/c1-23-10-14-25(15-11-23)38(26-16-12-24(2)13-17-26)27-18-19-28-30-22-35-31(21-33(30)36(3,4)32(28)20-27)29-8-6-7-9-34(29)37(35)5/h6-22H,1-5H3. The monoisotopic (exact) mass is 492 g/mol. The summed E-state index contributed by atoms with van der Waals surface area (Å²) in [4.78, 5) is 2.38. The average molecular weight is 493 g/mol. The molecule has 186 valence electrons. The van der Waals surface area contributed by atoms with Gasteiger partial charge in [0.25, 0.3) is 0 Å². The van der Waals surface area contributed by atoms with Crippen LogP contribution in [0.1, 0.15) is 36.1 Å². The van der Waals surface area contributed by atoms with E-state index in [1.165, 1.54) is 72.2 Å². The van der Waals surface area contributed by atoms with Gasteiger partial charge < -0.3 is 9.47 Å². The van der Waals surface area contributed by atoms with Gasteiger partial charge in [-0.05, 0) is 90.7 Å². The van der Waals surface area contributed by atoms with E-state index >= 15 is 0 Å². The van der Waals surface area contributed by atoms with Gasteiger partial charge in [0.1, 0.15) is 0 Å². The van der Waals surface area contributed by atoms with Crippen molar-refractivity contribution in [3.05, 3.63) is 125 Å². The molecule has 5 aromatic carbocycles. The molecular weight excluding hydrogens is 460 g/mol. The average Bonchev–Trinajstić information content (AvgIpc) is 3.33. The number of fused-ring (bicyclic) bond motifs is 6. The largest absolute Gasteiger partial charge is 0.344 e. The highest BCUT2D eigenvalue weighted by Gasteiger charge is 2.37. The Morgan fingerprint density at radius 2 is 1.13 bits per heavy atom. The van der Waals surface area contributed by atoms with Crippen molar-refractivity contribution in [3.8, 4) is 11.1 Å². The van der Waals surface area contributed by atoms with E-state index in [0.29, 0.717) is 0 Å². The van der Waals surface area contributed by atoms with Crippen LogP contribution in [-0.4, -0.2) is 4.57 Å². The molecule has 1 aliphatic rings. The second-order valence-electron chi connectivity index (χ2n) is 11.4. The molecule has 0 spiro atoms. The van der Waals surface area contributed by atoms with Crippen LogP contribution in [0.5, 0.6) is 0 Å². The van der Waals surface area contributed by atoms with Gasteiger partial charge in [-0.25, -0.2) is 0 Å². The molecule has 38 heavy (non-hydrogen) atoms.